The molecular weight excluding hydrogens is 316 g/mol. The number of benzene rings is 1. The van der Waals surface area contributed by atoms with Crippen LogP contribution < -0.4 is 0 Å². The fourth-order valence-corrected chi connectivity index (χ4v) is 3.99. The smallest absolute Gasteiger partial charge is 0.240 e. The van der Waals surface area contributed by atoms with Crippen LogP contribution in [0.2, 0.25) is 0 Å². The van der Waals surface area contributed by atoms with Gasteiger partial charge in [0.05, 0.1) is 12.1 Å². The van der Waals surface area contributed by atoms with Crippen LogP contribution in [0.15, 0.2) is 28.8 Å². The summed E-state index contributed by atoms with van der Waals surface area (Å²) in [5, 5.41) is 4.04. The van der Waals surface area contributed by atoms with Crippen LogP contribution in [0, 0.1) is 6.92 Å². The molecule has 6 nitrogen and oxygen atoms in total. The van der Waals surface area contributed by atoms with Gasteiger partial charge in [-0.25, -0.2) is 0 Å². The summed E-state index contributed by atoms with van der Waals surface area (Å²) < 4.78 is 5.11. The Labute approximate surface area is 147 Å². The van der Waals surface area contributed by atoms with E-state index in [1.807, 2.05) is 11.8 Å². The number of aromatic nitrogens is 2. The molecule has 1 amide bonds. The van der Waals surface area contributed by atoms with E-state index in [4.69, 9.17) is 4.52 Å². The van der Waals surface area contributed by atoms with Crippen LogP contribution in [0.3, 0.4) is 0 Å². The van der Waals surface area contributed by atoms with Gasteiger partial charge in [0, 0.05) is 26.6 Å². The minimum atomic E-state index is -0.137. The number of carbonyl (C=O) groups is 1. The van der Waals surface area contributed by atoms with Crippen molar-refractivity contribution in [2.75, 3.05) is 13.1 Å². The summed E-state index contributed by atoms with van der Waals surface area (Å²) in [4.78, 5) is 21.7. The average Bonchev–Trinajstić information content (AvgIpc) is 3.28. The van der Waals surface area contributed by atoms with Crippen LogP contribution in [-0.2, 0) is 17.8 Å². The van der Waals surface area contributed by atoms with Gasteiger partial charge in [-0.3, -0.25) is 9.69 Å². The fraction of sp³-hybridized carbons (Fsp3) is 0.526. The lowest BCUT2D eigenvalue weighted by Gasteiger charge is -2.35. The van der Waals surface area contributed by atoms with E-state index in [-0.39, 0.29) is 18.0 Å². The number of aryl methyl sites for hydroxylation is 1. The normalized spacial score (nSPS) is 22.0. The van der Waals surface area contributed by atoms with E-state index in [1.54, 1.807) is 6.92 Å². The lowest BCUT2D eigenvalue weighted by Crippen LogP contribution is -2.48. The molecule has 1 aromatic heterocycles. The topological polar surface area (TPSA) is 62.5 Å². The molecule has 0 saturated carbocycles. The maximum absolute atomic E-state index is 13.1. The molecule has 0 bridgehead atoms. The van der Waals surface area contributed by atoms with Crippen LogP contribution in [0.4, 0.5) is 0 Å². The number of likely N-dealkylation sites (tertiary alicyclic amines) is 1. The van der Waals surface area contributed by atoms with Gasteiger partial charge in [-0.05, 0) is 37.3 Å². The van der Waals surface area contributed by atoms with E-state index >= 15 is 0 Å². The molecule has 132 valence electrons. The molecule has 2 aliphatic heterocycles. The lowest BCUT2D eigenvalue weighted by molar-refractivity contribution is -0.138. The zero-order chi connectivity index (χ0) is 17.4. The van der Waals surface area contributed by atoms with Crippen molar-refractivity contribution >= 4 is 5.91 Å². The van der Waals surface area contributed by atoms with E-state index in [2.05, 4.69) is 39.3 Å². The average molecular weight is 340 g/mol. The maximum Gasteiger partial charge on any atom is 0.240 e. The van der Waals surface area contributed by atoms with Gasteiger partial charge in [-0.1, -0.05) is 29.4 Å². The second-order valence-corrected chi connectivity index (χ2v) is 7.03. The SMILES string of the molecule is Cc1nc([C@@H]2CCCN2C(=O)[C@H](C)N2CCc3ccccc3C2)no1. The first-order chi connectivity index (χ1) is 12.1. The van der Waals surface area contributed by atoms with Gasteiger partial charge in [-0.15, -0.1) is 0 Å². The minimum Gasteiger partial charge on any atom is -0.340 e. The number of carbonyl (C=O) groups excluding carboxylic acids is 1. The van der Waals surface area contributed by atoms with E-state index in [0.29, 0.717) is 11.7 Å². The number of amides is 1. The highest BCUT2D eigenvalue weighted by atomic mass is 16.5. The number of rotatable bonds is 3. The maximum atomic E-state index is 13.1. The highest BCUT2D eigenvalue weighted by Crippen LogP contribution is 2.31. The molecule has 0 radical (unpaired) electrons. The van der Waals surface area contributed by atoms with Crippen molar-refractivity contribution in [1.82, 2.24) is 19.9 Å². The third-order valence-corrected chi connectivity index (χ3v) is 5.44. The molecule has 25 heavy (non-hydrogen) atoms. The predicted octanol–water partition coefficient (Wildman–Crippen LogP) is 2.49. The van der Waals surface area contributed by atoms with Gasteiger partial charge in [0.2, 0.25) is 11.8 Å². The van der Waals surface area contributed by atoms with E-state index < -0.39 is 0 Å². The quantitative estimate of drug-likeness (QED) is 0.859. The molecule has 1 fully saturated rings. The Bertz CT molecular complexity index is 772. The summed E-state index contributed by atoms with van der Waals surface area (Å²) in [5.41, 5.74) is 2.74. The third-order valence-electron chi connectivity index (χ3n) is 5.44. The molecule has 0 unspecified atom stereocenters. The van der Waals surface area contributed by atoms with Crippen molar-refractivity contribution in [3.63, 3.8) is 0 Å². The van der Waals surface area contributed by atoms with Crippen LogP contribution >= 0.6 is 0 Å². The van der Waals surface area contributed by atoms with E-state index in [9.17, 15) is 4.79 Å². The van der Waals surface area contributed by atoms with Gasteiger partial charge >= 0.3 is 0 Å². The van der Waals surface area contributed by atoms with E-state index in [1.165, 1.54) is 11.1 Å². The number of nitrogens with zero attached hydrogens (tertiary/aromatic N) is 4. The lowest BCUT2D eigenvalue weighted by atomic mass is 9.98. The van der Waals surface area contributed by atoms with Crippen molar-refractivity contribution in [3.05, 3.63) is 47.1 Å². The Morgan fingerprint density at radius 2 is 2.08 bits per heavy atom. The van der Waals surface area contributed by atoms with Gasteiger partial charge in [0.25, 0.3) is 0 Å². The molecule has 0 aliphatic carbocycles. The highest BCUT2D eigenvalue weighted by Gasteiger charge is 2.37. The first-order valence-electron chi connectivity index (χ1n) is 9.05. The van der Waals surface area contributed by atoms with Crippen molar-refractivity contribution in [1.29, 1.82) is 0 Å². The molecule has 0 N–H and O–H groups in total. The third kappa shape index (κ3) is 3.06. The molecule has 1 aromatic carbocycles. The van der Waals surface area contributed by atoms with Crippen molar-refractivity contribution in [2.24, 2.45) is 0 Å². The van der Waals surface area contributed by atoms with Crippen LogP contribution in [0.25, 0.3) is 0 Å². The Morgan fingerprint density at radius 1 is 1.28 bits per heavy atom. The first-order valence-corrected chi connectivity index (χ1v) is 9.05. The fourth-order valence-electron chi connectivity index (χ4n) is 3.99. The molecule has 0 spiro atoms. The van der Waals surface area contributed by atoms with Gasteiger partial charge in [0.15, 0.2) is 5.82 Å². The zero-order valence-electron chi connectivity index (χ0n) is 14.8. The molecule has 2 atom stereocenters. The zero-order valence-corrected chi connectivity index (χ0v) is 14.8. The summed E-state index contributed by atoms with van der Waals surface area (Å²) in [5.74, 6) is 1.36. The van der Waals surface area contributed by atoms with Crippen LogP contribution in [0.5, 0.6) is 0 Å². The highest BCUT2D eigenvalue weighted by molar-refractivity contribution is 5.82. The standard InChI is InChI=1S/C19H24N4O2/c1-13(22-11-9-15-6-3-4-7-16(15)12-22)19(24)23-10-5-8-17(23)18-20-14(2)25-21-18/h3-4,6-7,13,17H,5,8-12H2,1-2H3/t13-,17-/m0/s1. The summed E-state index contributed by atoms with van der Waals surface area (Å²) in [7, 11) is 0. The Kier molecular flexibility index (Phi) is 4.29. The summed E-state index contributed by atoms with van der Waals surface area (Å²) >= 11 is 0. The van der Waals surface area contributed by atoms with Gasteiger partial charge in [-0.2, -0.15) is 4.98 Å². The minimum absolute atomic E-state index is 0.0514. The summed E-state index contributed by atoms with van der Waals surface area (Å²) in [6, 6.07) is 8.33. The molecule has 4 rings (SSSR count). The predicted molar refractivity (Wildman–Crippen MR) is 92.7 cm³/mol. The van der Waals surface area contributed by atoms with Crippen molar-refractivity contribution < 1.29 is 9.32 Å². The molecule has 2 aromatic rings. The second kappa shape index (κ2) is 6.59. The van der Waals surface area contributed by atoms with Crippen molar-refractivity contribution in [3.8, 4) is 0 Å². The Morgan fingerprint density at radius 3 is 2.84 bits per heavy atom. The Hall–Kier alpha value is -2.21. The molecule has 3 heterocycles. The summed E-state index contributed by atoms with van der Waals surface area (Å²) in [6.07, 6.45) is 2.89. The molecule has 2 aliphatic rings. The number of hydrogen-bond acceptors (Lipinski definition) is 5. The largest absolute Gasteiger partial charge is 0.340 e. The van der Waals surface area contributed by atoms with Crippen LogP contribution in [0.1, 0.15) is 48.6 Å². The number of fused-ring (bicyclic) bond motifs is 1. The molecule has 6 heteroatoms. The molecular formula is C19H24N4O2. The first kappa shape index (κ1) is 16.3. The second-order valence-electron chi connectivity index (χ2n) is 7.03. The van der Waals surface area contributed by atoms with Crippen LogP contribution in [-0.4, -0.2) is 45.0 Å². The van der Waals surface area contributed by atoms with E-state index in [0.717, 1.165) is 38.9 Å². The number of hydrogen-bond donors (Lipinski definition) is 0. The van der Waals surface area contributed by atoms with Gasteiger partial charge < -0.3 is 9.42 Å². The monoisotopic (exact) mass is 340 g/mol. The van der Waals surface area contributed by atoms with Crippen molar-refractivity contribution in [2.45, 2.75) is 51.7 Å². The molecule has 1 saturated heterocycles. The summed E-state index contributed by atoms with van der Waals surface area (Å²) in [6.45, 7) is 6.33. The Balaban J connectivity index is 1.48. The van der Waals surface area contributed by atoms with Gasteiger partial charge in [0.1, 0.15) is 0 Å².